The summed E-state index contributed by atoms with van der Waals surface area (Å²) in [6, 6.07) is 0. The lowest BCUT2D eigenvalue weighted by Gasteiger charge is -2.10. The minimum atomic E-state index is -0.463. The molecule has 0 saturated carbocycles. The van der Waals surface area contributed by atoms with Gasteiger partial charge < -0.3 is 4.74 Å². The smallest absolute Gasteiger partial charge is 0.309 e. The molecular formula is C7H13ClO2. The number of hydrogen-bond donors (Lipinski definition) is 0. The average molecular weight is 165 g/mol. The summed E-state index contributed by atoms with van der Waals surface area (Å²) in [5.74, 6) is -0.324. The second-order valence-electron chi connectivity index (χ2n) is 2.41. The van der Waals surface area contributed by atoms with Gasteiger partial charge in [0.25, 0.3) is 0 Å². The van der Waals surface area contributed by atoms with Crippen molar-refractivity contribution < 1.29 is 9.53 Å². The molecule has 1 atom stereocenters. The van der Waals surface area contributed by atoms with Gasteiger partial charge in [0.05, 0.1) is 5.92 Å². The first-order chi connectivity index (χ1) is 4.57. The molecule has 0 fully saturated rings. The lowest BCUT2D eigenvalue weighted by molar-refractivity contribution is -0.149. The summed E-state index contributed by atoms with van der Waals surface area (Å²) in [4.78, 5) is 10.8. The maximum Gasteiger partial charge on any atom is 0.309 e. The van der Waals surface area contributed by atoms with E-state index in [0.717, 1.165) is 0 Å². The Bertz CT molecular complexity index is 112. The molecule has 0 amide bonds. The number of rotatable bonds is 3. The molecule has 0 heterocycles. The Hall–Kier alpha value is -0.240. The number of carbonyl (C=O) groups is 1. The van der Waals surface area contributed by atoms with E-state index in [4.69, 9.17) is 16.3 Å². The fraction of sp³-hybridized carbons (Fsp3) is 0.857. The molecule has 0 aromatic heterocycles. The zero-order valence-corrected chi connectivity index (χ0v) is 7.31. The molecule has 0 aliphatic heterocycles. The van der Waals surface area contributed by atoms with Crippen LogP contribution in [-0.4, -0.2) is 11.5 Å². The summed E-state index contributed by atoms with van der Waals surface area (Å²) in [7, 11) is 0. The van der Waals surface area contributed by atoms with Gasteiger partial charge in [-0.2, -0.15) is 0 Å². The van der Waals surface area contributed by atoms with Crippen LogP contribution in [0.15, 0.2) is 0 Å². The van der Waals surface area contributed by atoms with Crippen LogP contribution in [0, 0.1) is 5.92 Å². The molecule has 0 N–H and O–H groups in total. The van der Waals surface area contributed by atoms with Crippen molar-refractivity contribution >= 4 is 17.6 Å². The number of hydrogen-bond acceptors (Lipinski definition) is 2. The van der Waals surface area contributed by atoms with E-state index < -0.39 is 5.56 Å². The highest BCUT2D eigenvalue weighted by molar-refractivity contribution is 6.20. The first kappa shape index (κ1) is 9.76. The molecule has 0 aliphatic carbocycles. The summed E-state index contributed by atoms with van der Waals surface area (Å²) >= 11 is 5.56. The molecular weight excluding hydrogens is 152 g/mol. The maximum absolute atomic E-state index is 10.8. The highest BCUT2D eigenvalue weighted by atomic mass is 35.5. The van der Waals surface area contributed by atoms with E-state index in [1.807, 2.05) is 6.92 Å². The van der Waals surface area contributed by atoms with E-state index in [9.17, 15) is 4.79 Å². The minimum Gasteiger partial charge on any atom is -0.446 e. The largest absolute Gasteiger partial charge is 0.446 e. The Balaban J connectivity index is 3.57. The van der Waals surface area contributed by atoms with Crippen LogP contribution in [0.25, 0.3) is 0 Å². The van der Waals surface area contributed by atoms with Crippen molar-refractivity contribution in [2.24, 2.45) is 5.92 Å². The van der Waals surface area contributed by atoms with Crippen LogP contribution in [0.3, 0.4) is 0 Å². The molecule has 0 aliphatic rings. The average Bonchev–Trinajstić information content (AvgIpc) is 1.87. The van der Waals surface area contributed by atoms with Crippen molar-refractivity contribution in [3.05, 3.63) is 0 Å². The molecule has 10 heavy (non-hydrogen) atoms. The van der Waals surface area contributed by atoms with Crippen molar-refractivity contribution in [3.63, 3.8) is 0 Å². The second kappa shape index (κ2) is 4.56. The lowest BCUT2D eigenvalue weighted by atomic mass is 10.2. The molecule has 0 rings (SSSR count). The molecule has 0 aromatic rings. The van der Waals surface area contributed by atoms with Crippen LogP contribution in [0.2, 0.25) is 0 Å². The number of halogens is 1. The van der Waals surface area contributed by atoms with Gasteiger partial charge in [0.2, 0.25) is 0 Å². The molecule has 0 radical (unpaired) electrons. The Labute approximate surface area is 66.5 Å². The first-order valence-corrected chi connectivity index (χ1v) is 3.86. The topological polar surface area (TPSA) is 26.3 Å². The fourth-order valence-corrected chi connectivity index (χ4v) is 0.433. The zero-order valence-electron chi connectivity index (χ0n) is 6.56. The fourth-order valence-electron chi connectivity index (χ4n) is 0.345. The summed E-state index contributed by atoms with van der Waals surface area (Å²) in [6.45, 7) is 5.43. The molecule has 0 aromatic carbocycles. The van der Waals surface area contributed by atoms with Gasteiger partial charge in [0.1, 0.15) is 0 Å². The minimum absolute atomic E-state index is 0.0900. The summed E-state index contributed by atoms with van der Waals surface area (Å²) in [6.07, 6.45) is 0.653. The van der Waals surface area contributed by atoms with E-state index >= 15 is 0 Å². The standard InChI is InChI=1S/C7H13ClO2/c1-4-6(8)10-7(9)5(2)3/h5-6H,4H2,1-3H3/t6-/m0/s1. The van der Waals surface area contributed by atoms with Gasteiger partial charge in [0.15, 0.2) is 5.56 Å². The van der Waals surface area contributed by atoms with E-state index in [2.05, 4.69) is 0 Å². The van der Waals surface area contributed by atoms with E-state index in [-0.39, 0.29) is 11.9 Å². The third-order valence-electron chi connectivity index (χ3n) is 1.04. The number of alkyl halides is 1. The number of carbonyl (C=O) groups excluding carboxylic acids is 1. The van der Waals surface area contributed by atoms with Gasteiger partial charge in [-0.1, -0.05) is 32.4 Å². The maximum atomic E-state index is 10.8. The molecule has 3 heteroatoms. The van der Waals surface area contributed by atoms with Crippen LogP contribution in [0.5, 0.6) is 0 Å². The van der Waals surface area contributed by atoms with Gasteiger partial charge in [-0.05, 0) is 6.42 Å². The molecule has 60 valence electrons. The van der Waals surface area contributed by atoms with Gasteiger partial charge in [-0.25, -0.2) is 0 Å². The quantitative estimate of drug-likeness (QED) is 0.472. The Morgan fingerprint density at radius 3 is 2.40 bits per heavy atom. The Morgan fingerprint density at radius 1 is 1.60 bits per heavy atom. The van der Waals surface area contributed by atoms with E-state index in [1.165, 1.54) is 0 Å². The highest BCUT2D eigenvalue weighted by Gasteiger charge is 2.12. The molecule has 0 bridgehead atoms. The predicted octanol–water partition coefficient (Wildman–Crippen LogP) is 2.16. The molecule has 0 spiro atoms. The van der Waals surface area contributed by atoms with E-state index in [0.29, 0.717) is 6.42 Å². The summed E-state index contributed by atoms with van der Waals surface area (Å²) in [5.41, 5.74) is -0.463. The van der Waals surface area contributed by atoms with Crippen molar-refractivity contribution in [3.8, 4) is 0 Å². The third-order valence-corrected chi connectivity index (χ3v) is 1.43. The van der Waals surface area contributed by atoms with Gasteiger partial charge in [-0.3, -0.25) is 4.79 Å². The van der Waals surface area contributed by atoms with Crippen molar-refractivity contribution in [1.82, 2.24) is 0 Å². The van der Waals surface area contributed by atoms with Crippen molar-refractivity contribution in [2.45, 2.75) is 32.8 Å². The lowest BCUT2D eigenvalue weighted by Crippen LogP contribution is -2.16. The first-order valence-electron chi connectivity index (χ1n) is 3.42. The Kier molecular flexibility index (Phi) is 4.45. The van der Waals surface area contributed by atoms with Crippen molar-refractivity contribution in [1.29, 1.82) is 0 Å². The molecule has 2 nitrogen and oxygen atoms in total. The van der Waals surface area contributed by atoms with E-state index in [1.54, 1.807) is 13.8 Å². The molecule has 0 unspecified atom stereocenters. The van der Waals surface area contributed by atoms with Crippen LogP contribution in [0.4, 0.5) is 0 Å². The predicted molar refractivity (Wildman–Crippen MR) is 40.9 cm³/mol. The van der Waals surface area contributed by atoms with Crippen LogP contribution in [-0.2, 0) is 9.53 Å². The Morgan fingerprint density at radius 2 is 2.10 bits per heavy atom. The highest BCUT2D eigenvalue weighted by Crippen LogP contribution is 2.06. The van der Waals surface area contributed by atoms with Gasteiger partial charge >= 0.3 is 5.97 Å². The van der Waals surface area contributed by atoms with Crippen LogP contribution in [0.1, 0.15) is 27.2 Å². The zero-order chi connectivity index (χ0) is 8.15. The monoisotopic (exact) mass is 164 g/mol. The van der Waals surface area contributed by atoms with Gasteiger partial charge in [0, 0.05) is 0 Å². The second-order valence-corrected chi connectivity index (χ2v) is 2.90. The van der Waals surface area contributed by atoms with Gasteiger partial charge in [-0.15, -0.1) is 0 Å². The van der Waals surface area contributed by atoms with Crippen LogP contribution < -0.4 is 0 Å². The summed E-state index contributed by atoms with van der Waals surface area (Å²) < 4.78 is 4.79. The van der Waals surface area contributed by atoms with Crippen LogP contribution >= 0.6 is 11.6 Å². The van der Waals surface area contributed by atoms with Crippen molar-refractivity contribution in [2.75, 3.05) is 0 Å². The normalized spacial score (nSPS) is 13.3. The third kappa shape index (κ3) is 3.72. The number of esters is 1. The summed E-state index contributed by atoms with van der Waals surface area (Å²) in [5, 5.41) is 0. The number of ether oxygens (including phenoxy) is 1. The SMILES string of the molecule is CC[C@@H](Cl)OC(=O)C(C)C. The molecule has 0 saturated heterocycles.